The first-order valence-corrected chi connectivity index (χ1v) is 9.74. The number of halogens is 2. The average Bonchev–Trinajstić information content (AvgIpc) is 3.25. The Morgan fingerprint density at radius 3 is 2.73 bits per heavy atom. The van der Waals surface area contributed by atoms with Crippen LogP contribution in [-0.4, -0.2) is 37.5 Å². The molecule has 1 fully saturated rings. The molecule has 1 unspecified atom stereocenters. The zero-order valence-electron chi connectivity index (χ0n) is 15.9. The lowest BCUT2D eigenvalue weighted by atomic mass is 10.1. The monoisotopic (exact) mass is 408 g/mol. The Hall–Kier alpha value is -3.49. The molecule has 0 N–H and O–H groups in total. The highest BCUT2D eigenvalue weighted by molar-refractivity contribution is 5.77. The number of fused-ring (bicyclic) bond motifs is 2. The molecule has 3 aromatic heterocycles. The summed E-state index contributed by atoms with van der Waals surface area (Å²) < 4.78 is 27.8. The third-order valence-corrected chi connectivity index (χ3v) is 5.37. The molecule has 4 heterocycles. The lowest BCUT2D eigenvalue weighted by molar-refractivity contribution is 0.123. The van der Waals surface area contributed by atoms with Crippen molar-refractivity contribution in [3.63, 3.8) is 0 Å². The molecule has 0 spiro atoms. The molecule has 0 saturated carbocycles. The number of pyridine rings is 1. The molecule has 1 aliphatic rings. The van der Waals surface area contributed by atoms with E-state index in [4.69, 9.17) is 0 Å². The van der Waals surface area contributed by atoms with E-state index in [0.29, 0.717) is 46.7 Å². The largest absolute Gasteiger partial charge is 0.346 e. The van der Waals surface area contributed by atoms with Gasteiger partial charge in [-0.15, -0.1) is 0 Å². The van der Waals surface area contributed by atoms with Gasteiger partial charge >= 0.3 is 0 Å². The fourth-order valence-corrected chi connectivity index (χ4v) is 4.07. The average molecular weight is 408 g/mol. The molecule has 0 aliphatic carbocycles. The van der Waals surface area contributed by atoms with Crippen molar-refractivity contribution >= 4 is 27.9 Å². The molecular weight excluding hydrogens is 390 g/mol. The Balaban J connectivity index is 1.65. The van der Waals surface area contributed by atoms with Crippen molar-refractivity contribution in [2.75, 3.05) is 11.4 Å². The highest BCUT2D eigenvalue weighted by Gasteiger charge is 2.32. The number of rotatable bonds is 4. The molecule has 9 heteroatoms. The number of benzene rings is 1. The van der Waals surface area contributed by atoms with Gasteiger partial charge in [0.2, 0.25) is 0 Å². The van der Waals surface area contributed by atoms with Crippen molar-refractivity contribution < 1.29 is 8.78 Å². The van der Waals surface area contributed by atoms with Gasteiger partial charge < -0.3 is 4.90 Å². The van der Waals surface area contributed by atoms with E-state index in [0.717, 1.165) is 11.0 Å². The summed E-state index contributed by atoms with van der Waals surface area (Å²) in [6.45, 7) is -0.00617. The minimum atomic E-state index is -2.66. The van der Waals surface area contributed by atoms with Gasteiger partial charge in [-0.05, 0) is 37.1 Å². The predicted molar refractivity (Wildman–Crippen MR) is 109 cm³/mol. The van der Waals surface area contributed by atoms with Crippen molar-refractivity contribution in [1.29, 1.82) is 0 Å². The molecule has 4 aromatic rings. The molecule has 0 amide bonds. The number of hydrogen-bond donors (Lipinski definition) is 0. The normalized spacial score (nSPS) is 16.8. The molecule has 30 heavy (non-hydrogen) atoms. The van der Waals surface area contributed by atoms with Gasteiger partial charge in [0.15, 0.2) is 5.65 Å². The molecule has 1 aromatic carbocycles. The van der Waals surface area contributed by atoms with Crippen LogP contribution < -0.4 is 10.5 Å². The smallest absolute Gasteiger partial charge is 0.261 e. The summed E-state index contributed by atoms with van der Waals surface area (Å²) in [5, 5.41) is 0.338. The second-order valence-electron chi connectivity index (χ2n) is 7.21. The lowest BCUT2D eigenvalue weighted by Crippen LogP contribution is -2.34. The molecule has 5 rings (SSSR count). The van der Waals surface area contributed by atoms with Crippen LogP contribution in [0.3, 0.4) is 0 Å². The number of anilines is 1. The van der Waals surface area contributed by atoms with E-state index in [9.17, 15) is 13.6 Å². The second kappa shape index (κ2) is 7.40. The Morgan fingerprint density at radius 1 is 1.03 bits per heavy atom. The number of para-hydroxylation sites is 1. The highest BCUT2D eigenvalue weighted by Crippen LogP contribution is 2.35. The van der Waals surface area contributed by atoms with Gasteiger partial charge in [-0.3, -0.25) is 14.3 Å². The van der Waals surface area contributed by atoms with Crippen molar-refractivity contribution in [2.45, 2.75) is 31.9 Å². The summed E-state index contributed by atoms with van der Waals surface area (Å²) in [6.07, 6.45) is 2.04. The summed E-state index contributed by atoms with van der Waals surface area (Å²) in [5.41, 5.74) is 1.25. The highest BCUT2D eigenvalue weighted by atomic mass is 19.3. The van der Waals surface area contributed by atoms with Gasteiger partial charge in [0.1, 0.15) is 17.2 Å². The van der Waals surface area contributed by atoms with Gasteiger partial charge in [0.05, 0.1) is 23.5 Å². The number of aromatic nitrogens is 5. The van der Waals surface area contributed by atoms with Gasteiger partial charge in [-0.1, -0.05) is 12.1 Å². The molecule has 0 radical (unpaired) electrons. The number of alkyl halides is 2. The van der Waals surface area contributed by atoms with Crippen molar-refractivity contribution in [1.82, 2.24) is 24.5 Å². The van der Waals surface area contributed by atoms with Crippen LogP contribution in [-0.2, 0) is 6.54 Å². The summed E-state index contributed by atoms with van der Waals surface area (Å²) in [4.78, 5) is 32.7. The second-order valence-corrected chi connectivity index (χ2v) is 7.21. The minimum Gasteiger partial charge on any atom is -0.346 e. The van der Waals surface area contributed by atoms with Crippen LogP contribution in [0.15, 0.2) is 53.6 Å². The fourth-order valence-electron chi connectivity index (χ4n) is 4.07. The van der Waals surface area contributed by atoms with Crippen LogP contribution in [0.25, 0.3) is 22.1 Å². The lowest BCUT2D eigenvalue weighted by Gasteiger charge is -2.27. The minimum absolute atomic E-state index is 0.331. The first-order valence-electron chi connectivity index (χ1n) is 9.74. The van der Waals surface area contributed by atoms with E-state index in [1.54, 1.807) is 36.7 Å². The molecule has 1 saturated heterocycles. The Labute approximate surface area is 170 Å². The summed E-state index contributed by atoms with van der Waals surface area (Å²) in [6, 6.07) is 10.2. The standard InChI is InChI=1S/C21H18F2N6O/c22-17(23)12-29-20(26-14-5-2-1-4-13(14)21(29)30)16-6-3-11-28(16)18-8-7-15-19(27-18)25-10-9-24-15/h1-2,4-5,7-10,16-17H,3,6,11-12H2. The van der Waals surface area contributed by atoms with Crippen LogP contribution in [0.1, 0.15) is 24.7 Å². The van der Waals surface area contributed by atoms with Gasteiger partial charge in [-0.25, -0.2) is 23.7 Å². The SMILES string of the molecule is O=c1c2ccccc2nc(C2CCCN2c2ccc3nccnc3n2)n1CC(F)F. The molecule has 0 bridgehead atoms. The maximum Gasteiger partial charge on any atom is 0.261 e. The van der Waals surface area contributed by atoms with Gasteiger partial charge in [0, 0.05) is 18.9 Å². The fraction of sp³-hybridized carbons (Fsp3) is 0.286. The topological polar surface area (TPSA) is 76.8 Å². The summed E-state index contributed by atoms with van der Waals surface area (Å²) in [7, 11) is 0. The third-order valence-electron chi connectivity index (χ3n) is 5.37. The van der Waals surface area contributed by atoms with Crippen LogP contribution in [0.4, 0.5) is 14.6 Å². The zero-order valence-corrected chi connectivity index (χ0v) is 15.9. The maximum absolute atomic E-state index is 13.3. The quantitative estimate of drug-likeness (QED) is 0.516. The Bertz CT molecular complexity index is 1290. The molecular formula is C21H18F2N6O. The summed E-state index contributed by atoms with van der Waals surface area (Å²) >= 11 is 0. The van der Waals surface area contributed by atoms with Gasteiger partial charge in [-0.2, -0.15) is 0 Å². The van der Waals surface area contributed by atoms with E-state index in [-0.39, 0.29) is 6.04 Å². The zero-order chi connectivity index (χ0) is 20.7. The van der Waals surface area contributed by atoms with Crippen molar-refractivity contribution in [2.24, 2.45) is 0 Å². The third kappa shape index (κ3) is 3.16. The van der Waals surface area contributed by atoms with Gasteiger partial charge in [0.25, 0.3) is 12.0 Å². The van der Waals surface area contributed by atoms with Crippen molar-refractivity contribution in [3.8, 4) is 0 Å². The van der Waals surface area contributed by atoms with Crippen LogP contribution >= 0.6 is 0 Å². The van der Waals surface area contributed by atoms with E-state index >= 15 is 0 Å². The first-order chi connectivity index (χ1) is 14.6. The maximum atomic E-state index is 13.3. The van der Waals surface area contributed by atoms with Crippen LogP contribution in [0.5, 0.6) is 0 Å². The molecule has 7 nitrogen and oxygen atoms in total. The first kappa shape index (κ1) is 18.5. The predicted octanol–water partition coefficient (Wildman–Crippen LogP) is 3.34. The van der Waals surface area contributed by atoms with E-state index < -0.39 is 18.5 Å². The number of hydrogen-bond acceptors (Lipinski definition) is 6. The van der Waals surface area contributed by atoms with E-state index in [2.05, 4.69) is 19.9 Å². The van der Waals surface area contributed by atoms with Crippen molar-refractivity contribution in [3.05, 3.63) is 65.0 Å². The molecule has 1 atom stereocenters. The Kier molecular flexibility index (Phi) is 4.57. The van der Waals surface area contributed by atoms with E-state index in [1.165, 1.54) is 0 Å². The van der Waals surface area contributed by atoms with E-state index in [1.807, 2.05) is 17.0 Å². The summed E-state index contributed by atoms with van der Waals surface area (Å²) in [5.74, 6) is 1.01. The molecule has 152 valence electrons. The Morgan fingerprint density at radius 2 is 1.87 bits per heavy atom. The van der Waals surface area contributed by atoms with Crippen LogP contribution in [0.2, 0.25) is 0 Å². The van der Waals surface area contributed by atoms with Crippen LogP contribution in [0, 0.1) is 0 Å². The molecule has 1 aliphatic heterocycles. The number of nitrogens with zero attached hydrogens (tertiary/aromatic N) is 6.